The Balaban J connectivity index is 2.73. The van der Waals surface area contributed by atoms with Gasteiger partial charge >= 0.3 is 23.9 Å². The van der Waals surface area contributed by atoms with Gasteiger partial charge < -0.3 is 28.6 Å². The summed E-state index contributed by atoms with van der Waals surface area (Å²) < 4.78 is 30.2. The maximum absolute atomic E-state index is 13.4. The van der Waals surface area contributed by atoms with Gasteiger partial charge in [-0.15, -0.1) is 0 Å². The van der Waals surface area contributed by atoms with Gasteiger partial charge in [-0.25, -0.2) is 0 Å². The average Bonchev–Trinajstić information content (AvgIpc) is 2.82. The van der Waals surface area contributed by atoms with Crippen LogP contribution in [-0.4, -0.2) is 71.0 Å². The minimum Gasteiger partial charge on any atom is -0.462 e. The number of rotatable bonds is 6. The van der Waals surface area contributed by atoms with Crippen molar-refractivity contribution in [2.75, 3.05) is 6.61 Å². The van der Waals surface area contributed by atoms with Gasteiger partial charge in [-0.3, -0.25) is 19.2 Å². The number of ether oxygens (including phenoxy) is 5. The van der Waals surface area contributed by atoms with Crippen molar-refractivity contribution in [3.05, 3.63) is 12.3 Å². The number of allylic oxidation sites excluding steroid dienone is 1. The van der Waals surface area contributed by atoms with Crippen molar-refractivity contribution in [3.8, 4) is 0 Å². The van der Waals surface area contributed by atoms with E-state index in [1.165, 1.54) is 0 Å². The zero-order chi connectivity index (χ0) is 32.4. The minimum atomic E-state index is -1.32. The van der Waals surface area contributed by atoms with Crippen molar-refractivity contribution in [2.24, 2.45) is 21.7 Å². The molecule has 1 fully saturated rings. The minimum absolute atomic E-state index is 0.317. The monoisotopic (exact) mass is 611 g/mol. The van der Waals surface area contributed by atoms with Gasteiger partial charge in [-0.05, 0) is 89.5 Å². The predicted molar refractivity (Wildman–Crippen MR) is 160 cm³/mol. The van der Waals surface area contributed by atoms with Crippen LogP contribution in [0.1, 0.15) is 95.9 Å². The van der Waals surface area contributed by atoms with Crippen LogP contribution in [0.5, 0.6) is 0 Å². The Morgan fingerprint density at radius 3 is 1.60 bits per heavy atom. The lowest BCUT2D eigenvalue weighted by atomic mass is 9.92. The van der Waals surface area contributed by atoms with Crippen LogP contribution in [0, 0.1) is 21.7 Å². The molecule has 5 atom stereocenters. The molecule has 2 aliphatic rings. The molecule has 0 aromatic rings. The van der Waals surface area contributed by atoms with E-state index in [2.05, 4.69) is 0 Å². The summed E-state index contributed by atoms with van der Waals surface area (Å²) in [6.07, 6.45) is -1.11. The van der Waals surface area contributed by atoms with Crippen molar-refractivity contribution >= 4 is 41.1 Å². The quantitative estimate of drug-likeness (QED) is 0.226. The predicted octanol–water partition coefficient (Wildman–Crippen LogP) is 5.11. The molecule has 1 saturated heterocycles. The fourth-order valence-corrected chi connectivity index (χ4v) is 4.05. The van der Waals surface area contributed by atoms with Crippen LogP contribution in [0.15, 0.2) is 12.3 Å². The average molecular weight is 612 g/mol. The first-order valence-electron chi connectivity index (χ1n) is 14.4. The summed E-state index contributed by atoms with van der Waals surface area (Å²) in [6.45, 7) is 20.0. The van der Waals surface area contributed by atoms with E-state index in [0.717, 1.165) is 6.42 Å². The normalized spacial score (nSPS) is 25.5. The van der Waals surface area contributed by atoms with Gasteiger partial charge in [0.1, 0.15) is 12.7 Å². The van der Waals surface area contributed by atoms with Gasteiger partial charge in [0.05, 0.1) is 26.6 Å². The maximum atomic E-state index is 13.4. The molecule has 2 aliphatic heterocycles. The zero-order valence-electron chi connectivity index (χ0n) is 27.2. The van der Waals surface area contributed by atoms with Gasteiger partial charge in [-0.1, -0.05) is 18.3 Å². The van der Waals surface area contributed by atoms with Gasteiger partial charge in [0.15, 0.2) is 24.5 Å². The Bertz CT molecular complexity index is 1070. The van der Waals surface area contributed by atoms with Crippen molar-refractivity contribution in [1.29, 1.82) is 0 Å². The first kappa shape index (κ1) is 35.7. The molecule has 0 aliphatic carbocycles. The molecule has 0 aromatic heterocycles. The molecular formula is C31H49NO9S. The topological polar surface area (TPSA) is 118 Å². The summed E-state index contributed by atoms with van der Waals surface area (Å²) in [7, 11) is 0. The van der Waals surface area contributed by atoms with Crippen LogP contribution in [0.3, 0.4) is 0 Å². The highest BCUT2D eigenvalue weighted by Gasteiger charge is 2.56. The number of hydrogen-bond acceptors (Lipinski definition) is 10. The van der Waals surface area contributed by atoms with Crippen LogP contribution in [0.4, 0.5) is 0 Å². The van der Waals surface area contributed by atoms with E-state index in [1.807, 2.05) is 6.08 Å². The molecule has 10 nitrogen and oxygen atoms in total. The van der Waals surface area contributed by atoms with Crippen LogP contribution < -0.4 is 0 Å². The number of hydrogen-bond donors (Lipinski definition) is 0. The maximum Gasteiger partial charge on any atom is 0.311 e. The second-order valence-corrected chi connectivity index (χ2v) is 15.5. The molecule has 42 heavy (non-hydrogen) atoms. The summed E-state index contributed by atoms with van der Waals surface area (Å²) >= 11 is 5.65. The molecule has 0 amide bonds. The molecular weight excluding hydrogens is 562 g/mol. The highest BCUT2D eigenvalue weighted by molar-refractivity contribution is 7.80. The van der Waals surface area contributed by atoms with Crippen molar-refractivity contribution in [2.45, 2.75) is 127 Å². The summed E-state index contributed by atoms with van der Waals surface area (Å²) in [5.74, 6) is -2.29. The summed E-state index contributed by atoms with van der Waals surface area (Å²) in [5, 5.41) is 0. The molecule has 0 saturated carbocycles. The smallest absolute Gasteiger partial charge is 0.311 e. The fourth-order valence-electron chi connectivity index (χ4n) is 3.76. The summed E-state index contributed by atoms with van der Waals surface area (Å²) in [6, 6.07) is 0. The number of esters is 4. The lowest BCUT2D eigenvalue weighted by Crippen LogP contribution is -2.67. The van der Waals surface area contributed by atoms with Gasteiger partial charge in [-0.2, -0.15) is 0 Å². The highest BCUT2D eigenvalue weighted by Crippen LogP contribution is 2.36. The van der Waals surface area contributed by atoms with Crippen LogP contribution in [-0.2, 0) is 42.9 Å². The number of carbonyl (C=O) groups excluding carboxylic acids is 4. The SMILES string of the molecule is CC(C)(C)C(=O)OC[C@H]1O[C@@H](N2C=CCCC2=S)[C@H](OC(=O)C(C)(C)C)[C@@H](OC(=O)C(C)(C)C)[C@H]1OC(=O)C(C)(C)C. The molecule has 2 heterocycles. The lowest BCUT2D eigenvalue weighted by molar-refractivity contribution is -0.274. The fraction of sp³-hybridized carbons (Fsp3) is 0.774. The molecule has 0 radical (unpaired) electrons. The van der Waals surface area contributed by atoms with E-state index < -0.39 is 76.2 Å². The standard InChI is InChI=1S/C31H49NO9S/c1-28(2,3)24(33)37-17-18-20(39-25(34)29(4,5)6)21(40-26(35)30(7,8)9)22(41-27(36)31(10,11)12)23(38-18)32-16-14-13-15-19(32)42/h14,16,18,20-23H,13,15,17H2,1-12H3/t18-,20+,21+,22-,23-/m1/s1. The number of nitrogens with zero attached hydrogens (tertiary/aromatic N) is 1. The summed E-state index contributed by atoms with van der Waals surface area (Å²) in [5.41, 5.74) is -3.61. The Labute approximate surface area is 255 Å². The third-order valence-electron chi connectivity index (χ3n) is 6.52. The first-order valence-corrected chi connectivity index (χ1v) is 14.8. The van der Waals surface area contributed by atoms with Crippen molar-refractivity contribution < 1.29 is 42.9 Å². The van der Waals surface area contributed by atoms with E-state index >= 15 is 0 Å². The molecule has 238 valence electrons. The van der Waals surface area contributed by atoms with Crippen molar-refractivity contribution in [3.63, 3.8) is 0 Å². The van der Waals surface area contributed by atoms with E-state index in [9.17, 15) is 19.2 Å². The Morgan fingerprint density at radius 2 is 1.17 bits per heavy atom. The Kier molecular flexibility index (Phi) is 11.0. The Hall–Kier alpha value is -2.53. The first-order chi connectivity index (χ1) is 18.9. The highest BCUT2D eigenvalue weighted by atomic mass is 32.1. The number of carbonyl (C=O) groups is 4. The third kappa shape index (κ3) is 9.23. The second-order valence-electron chi connectivity index (χ2n) is 15.0. The number of thiocarbonyl (C=S) groups is 1. The van der Waals surface area contributed by atoms with E-state index in [4.69, 9.17) is 35.9 Å². The van der Waals surface area contributed by atoms with Crippen LogP contribution in [0.25, 0.3) is 0 Å². The van der Waals surface area contributed by atoms with Crippen LogP contribution in [0.2, 0.25) is 0 Å². The molecule has 0 bridgehead atoms. The van der Waals surface area contributed by atoms with E-state index in [1.54, 1.807) is 94.2 Å². The molecule has 0 spiro atoms. The summed E-state index contributed by atoms with van der Waals surface area (Å²) in [4.78, 5) is 54.8. The molecule has 2 rings (SSSR count). The third-order valence-corrected chi connectivity index (χ3v) is 6.93. The lowest BCUT2D eigenvalue weighted by Gasteiger charge is -2.49. The molecule has 0 aromatic carbocycles. The van der Waals surface area contributed by atoms with E-state index in [-0.39, 0.29) is 6.61 Å². The molecule has 0 unspecified atom stereocenters. The van der Waals surface area contributed by atoms with Gasteiger partial charge in [0.2, 0.25) is 0 Å². The van der Waals surface area contributed by atoms with E-state index in [0.29, 0.717) is 11.4 Å². The second kappa shape index (κ2) is 13.0. The van der Waals surface area contributed by atoms with Crippen molar-refractivity contribution in [1.82, 2.24) is 4.90 Å². The molecule has 11 heteroatoms. The van der Waals surface area contributed by atoms with Gasteiger partial charge in [0.25, 0.3) is 0 Å². The van der Waals surface area contributed by atoms with Gasteiger partial charge in [0, 0.05) is 12.6 Å². The molecule has 0 N–H and O–H groups in total. The zero-order valence-corrected chi connectivity index (χ0v) is 28.0. The van der Waals surface area contributed by atoms with Crippen LogP contribution >= 0.6 is 12.2 Å². The largest absolute Gasteiger partial charge is 0.462 e. The Morgan fingerprint density at radius 1 is 0.738 bits per heavy atom.